The number of anilines is 2. The van der Waals surface area contributed by atoms with Gasteiger partial charge in [-0.25, -0.2) is 0 Å². The van der Waals surface area contributed by atoms with Crippen molar-refractivity contribution in [1.82, 2.24) is 20.0 Å². The fraction of sp³-hybridized carbons (Fsp3) is 0.233. The molecule has 0 fully saturated rings. The van der Waals surface area contributed by atoms with Crippen molar-refractivity contribution in [3.05, 3.63) is 76.6 Å². The van der Waals surface area contributed by atoms with Crippen LogP contribution >= 0.6 is 27.7 Å². The van der Waals surface area contributed by atoms with Crippen molar-refractivity contribution in [2.45, 2.75) is 32.1 Å². The highest BCUT2D eigenvalue weighted by atomic mass is 79.9. The predicted molar refractivity (Wildman–Crippen MR) is 180 cm³/mol. The van der Waals surface area contributed by atoms with Gasteiger partial charge in [0, 0.05) is 64.2 Å². The van der Waals surface area contributed by atoms with E-state index < -0.39 is 11.8 Å². The number of rotatable bonds is 14. The quantitative estimate of drug-likeness (QED) is 0.0314. The molecule has 0 unspecified atom stereocenters. The number of alkyl halides is 1. The van der Waals surface area contributed by atoms with Crippen molar-refractivity contribution < 1.29 is 19.2 Å². The summed E-state index contributed by atoms with van der Waals surface area (Å²) in [5, 5.41) is 16.5. The normalized spacial score (nSPS) is 10.8. The summed E-state index contributed by atoms with van der Waals surface area (Å²) in [6.07, 6.45) is 5.44. The van der Waals surface area contributed by atoms with E-state index in [-0.39, 0.29) is 41.8 Å². The molecule has 236 valence electrons. The van der Waals surface area contributed by atoms with Crippen LogP contribution in [0.4, 0.5) is 11.4 Å². The minimum Gasteiger partial charge on any atom is -0.388 e. The third-order valence-corrected chi connectivity index (χ3v) is 9.02. The van der Waals surface area contributed by atoms with Crippen molar-refractivity contribution >= 4 is 69.0 Å². The van der Waals surface area contributed by atoms with Crippen LogP contribution in [0.15, 0.2) is 47.8 Å². The number of aromatic amines is 2. The van der Waals surface area contributed by atoms with E-state index in [1.807, 2.05) is 24.3 Å². The molecule has 4 rings (SSSR count). The third kappa shape index (κ3) is 7.67. The number of H-pyrrole nitrogens is 2. The molecule has 4 aromatic rings. The standard InChI is InChI=1S/C30H34BrN9O4S/c1-16-21(19-4-6-20(7-5-19)45-11-9-31)14-40(37-15-41)27(16)30(44)39-23-13-36-26(18(23)3)29(43)38-22-12-35-25(17(22)2)28(42)34-10-8-24(32)33/h4-7,12-15,35-36H,8-11H2,1-3H3,(H3,32,33)(H,34,42)(H,37,41)(H,38,43)(H,39,44). The van der Waals surface area contributed by atoms with Crippen molar-refractivity contribution in [2.24, 2.45) is 5.73 Å². The van der Waals surface area contributed by atoms with Crippen LogP contribution < -0.4 is 27.1 Å². The lowest BCUT2D eigenvalue weighted by molar-refractivity contribution is -0.106. The van der Waals surface area contributed by atoms with Crippen molar-refractivity contribution in [3.8, 4) is 11.1 Å². The Balaban J connectivity index is 1.49. The summed E-state index contributed by atoms with van der Waals surface area (Å²) in [5.74, 6) is -0.422. The minimum absolute atomic E-state index is 0.0312. The summed E-state index contributed by atoms with van der Waals surface area (Å²) < 4.78 is 1.37. The van der Waals surface area contributed by atoms with Gasteiger partial charge in [-0.15, -0.1) is 11.8 Å². The highest BCUT2D eigenvalue weighted by Crippen LogP contribution is 2.31. The fourth-order valence-electron chi connectivity index (χ4n) is 4.70. The van der Waals surface area contributed by atoms with Crippen LogP contribution in [0.5, 0.6) is 0 Å². The smallest absolute Gasteiger partial charge is 0.274 e. The van der Waals surface area contributed by atoms with E-state index in [1.54, 1.807) is 38.7 Å². The van der Waals surface area contributed by atoms with Crippen LogP contribution in [0.25, 0.3) is 11.1 Å². The van der Waals surface area contributed by atoms with Crippen molar-refractivity contribution in [2.75, 3.05) is 33.7 Å². The topological polar surface area (TPSA) is 203 Å². The molecule has 0 spiro atoms. The average Bonchev–Trinajstić information content (AvgIpc) is 3.66. The molecule has 1 aromatic carbocycles. The van der Waals surface area contributed by atoms with E-state index in [1.165, 1.54) is 17.1 Å². The molecule has 9 N–H and O–H groups in total. The Morgan fingerprint density at radius 2 is 1.56 bits per heavy atom. The number of benzene rings is 1. The van der Waals surface area contributed by atoms with Gasteiger partial charge in [0.15, 0.2) is 0 Å². The molecule has 45 heavy (non-hydrogen) atoms. The first-order valence-corrected chi connectivity index (χ1v) is 16.0. The van der Waals surface area contributed by atoms with Crippen LogP contribution in [0, 0.1) is 26.2 Å². The number of nitrogens with zero attached hydrogens (tertiary/aromatic N) is 1. The molecule has 0 atom stereocenters. The molecule has 0 aliphatic carbocycles. The molecule has 4 amide bonds. The first-order chi connectivity index (χ1) is 21.5. The molecule has 0 aliphatic rings. The van der Waals surface area contributed by atoms with E-state index in [2.05, 4.69) is 47.3 Å². The molecule has 0 radical (unpaired) electrons. The highest BCUT2D eigenvalue weighted by Gasteiger charge is 2.23. The second-order valence-electron chi connectivity index (χ2n) is 10.0. The summed E-state index contributed by atoms with van der Waals surface area (Å²) in [7, 11) is 0. The Kier molecular flexibility index (Phi) is 10.9. The number of carbonyl (C=O) groups excluding carboxylic acids is 4. The lowest BCUT2D eigenvalue weighted by atomic mass is 10.0. The van der Waals surface area contributed by atoms with Gasteiger partial charge in [-0.2, -0.15) is 0 Å². The zero-order valence-electron chi connectivity index (χ0n) is 24.9. The second kappa shape index (κ2) is 14.8. The molecule has 0 saturated carbocycles. The van der Waals surface area contributed by atoms with E-state index >= 15 is 0 Å². The van der Waals surface area contributed by atoms with E-state index in [0.29, 0.717) is 34.5 Å². The molecule has 0 aliphatic heterocycles. The van der Waals surface area contributed by atoms with Crippen molar-refractivity contribution in [1.29, 1.82) is 5.41 Å². The molecule has 0 bridgehead atoms. The number of hydrogen-bond acceptors (Lipinski definition) is 6. The minimum atomic E-state index is -0.478. The molecule has 13 nitrogen and oxygen atoms in total. The van der Waals surface area contributed by atoms with Gasteiger partial charge in [0.25, 0.3) is 17.7 Å². The number of halogens is 1. The largest absolute Gasteiger partial charge is 0.388 e. The fourth-order valence-corrected chi connectivity index (χ4v) is 5.83. The maximum atomic E-state index is 13.5. The number of thioether (sulfide) groups is 1. The van der Waals surface area contributed by atoms with E-state index in [9.17, 15) is 19.2 Å². The molecular formula is C30H34BrN9O4S. The van der Waals surface area contributed by atoms with Crippen LogP contribution in [0.1, 0.15) is 54.6 Å². The summed E-state index contributed by atoms with van der Waals surface area (Å²) in [6.45, 7) is 5.40. The number of amides is 4. The molecular weight excluding hydrogens is 662 g/mol. The zero-order chi connectivity index (χ0) is 32.7. The SMILES string of the molecule is Cc1c(NC(=O)c2[nH]cc(NC(=O)c3c(C)c(-c4ccc(SCCBr)cc4)cn3NC=O)c2C)c[nH]c1C(=O)NCCC(=N)N. The van der Waals surface area contributed by atoms with Gasteiger partial charge in [-0.3, -0.25) is 34.7 Å². The molecule has 3 heterocycles. The van der Waals surface area contributed by atoms with E-state index in [0.717, 1.165) is 27.1 Å². The monoisotopic (exact) mass is 695 g/mol. The Morgan fingerprint density at radius 3 is 2.13 bits per heavy atom. The van der Waals surface area contributed by atoms with Gasteiger partial charge in [-0.1, -0.05) is 28.1 Å². The second-order valence-corrected chi connectivity index (χ2v) is 12.0. The molecule has 3 aromatic heterocycles. The Bertz CT molecular complexity index is 1740. The van der Waals surface area contributed by atoms with Crippen LogP contribution in [-0.4, -0.2) is 62.2 Å². The van der Waals surface area contributed by atoms with Gasteiger partial charge in [0.2, 0.25) is 6.41 Å². The van der Waals surface area contributed by atoms with E-state index in [4.69, 9.17) is 11.1 Å². The Morgan fingerprint density at radius 1 is 0.956 bits per heavy atom. The lowest BCUT2D eigenvalue weighted by Crippen LogP contribution is -2.28. The molecule has 15 heteroatoms. The number of aromatic nitrogens is 3. The summed E-state index contributed by atoms with van der Waals surface area (Å²) in [4.78, 5) is 57.4. The van der Waals surface area contributed by atoms with Gasteiger partial charge < -0.3 is 31.7 Å². The van der Waals surface area contributed by atoms with Gasteiger partial charge in [0.1, 0.15) is 17.1 Å². The zero-order valence-corrected chi connectivity index (χ0v) is 27.3. The van der Waals surface area contributed by atoms with Crippen LogP contribution in [-0.2, 0) is 4.79 Å². The van der Waals surface area contributed by atoms with Crippen LogP contribution in [0.3, 0.4) is 0 Å². The Hall–Kier alpha value is -4.76. The number of nitrogens with one attached hydrogen (secondary N) is 7. The van der Waals surface area contributed by atoms with Crippen LogP contribution in [0.2, 0.25) is 0 Å². The number of carbonyl (C=O) groups is 4. The summed E-state index contributed by atoms with van der Waals surface area (Å²) >= 11 is 5.16. The Labute approximate surface area is 272 Å². The van der Waals surface area contributed by atoms with Gasteiger partial charge >= 0.3 is 0 Å². The first-order valence-electron chi connectivity index (χ1n) is 13.9. The maximum Gasteiger partial charge on any atom is 0.274 e. The average molecular weight is 697 g/mol. The number of amidine groups is 1. The third-order valence-electron chi connectivity index (χ3n) is 7.09. The molecule has 0 saturated heterocycles. The maximum absolute atomic E-state index is 13.5. The highest BCUT2D eigenvalue weighted by molar-refractivity contribution is 9.09. The van der Waals surface area contributed by atoms with Gasteiger partial charge in [-0.05, 0) is 44.0 Å². The lowest BCUT2D eigenvalue weighted by Gasteiger charge is -2.10. The first kappa shape index (κ1) is 33.1. The predicted octanol–water partition coefficient (Wildman–Crippen LogP) is 4.48. The number of hydrogen-bond donors (Lipinski definition) is 8. The summed E-state index contributed by atoms with van der Waals surface area (Å²) in [6, 6.07) is 7.99. The van der Waals surface area contributed by atoms with Crippen molar-refractivity contribution in [3.63, 3.8) is 0 Å². The van der Waals surface area contributed by atoms with Gasteiger partial charge in [0.05, 0.1) is 17.2 Å². The number of nitrogens with two attached hydrogens (primary N) is 1. The summed E-state index contributed by atoms with van der Waals surface area (Å²) in [5.41, 5.74) is 12.8.